The normalized spacial score (nSPS) is 14.5. The Labute approximate surface area is 182 Å². The summed E-state index contributed by atoms with van der Waals surface area (Å²) in [4.78, 5) is 24.4. The number of ether oxygens (including phenoxy) is 2. The Hall–Kier alpha value is -3.35. The van der Waals surface area contributed by atoms with Crippen molar-refractivity contribution in [3.8, 4) is 11.5 Å². The van der Waals surface area contributed by atoms with Gasteiger partial charge in [0.1, 0.15) is 17.3 Å². The molecule has 31 heavy (non-hydrogen) atoms. The Morgan fingerprint density at radius 3 is 2.61 bits per heavy atom. The van der Waals surface area contributed by atoms with Crippen LogP contribution in [0.2, 0.25) is 0 Å². The van der Waals surface area contributed by atoms with Gasteiger partial charge in [0.2, 0.25) is 5.82 Å². The molecule has 1 aliphatic rings. The van der Waals surface area contributed by atoms with Crippen LogP contribution in [0.3, 0.4) is 0 Å². The Balaban J connectivity index is 1.58. The smallest absolute Gasteiger partial charge is 0.289 e. The van der Waals surface area contributed by atoms with E-state index in [0.29, 0.717) is 24.0 Å². The average Bonchev–Trinajstić information content (AvgIpc) is 2.82. The highest BCUT2D eigenvalue weighted by atomic mass is 16.5. The predicted molar refractivity (Wildman–Crippen MR) is 121 cm³/mol. The number of hydrogen-bond acceptors (Lipinski definition) is 6. The Kier molecular flexibility index (Phi) is 6.21. The number of carbonyl (C=O) groups excluding carboxylic acids is 1. The van der Waals surface area contributed by atoms with Gasteiger partial charge in [-0.2, -0.15) is 0 Å². The van der Waals surface area contributed by atoms with E-state index in [4.69, 9.17) is 9.47 Å². The van der Waals surface area contributed by atoms with Crippen molar-refractivity contribution in [2.45, 2.75) is 26.3 Å². The number of nitrogens with one attached hydrogen (secondary N) is 1. The van der Waals surface area contributed by atoms with E-state index in [9.17, 15) is 4.79 Å². The number of para-hydroxylation sites is 1. The molecule has 1 aliphatic heterocycles. The van der Waals surface area contributed by atoms with Gasteiger partial charge in [-0.1, -0.05) is 19.1 Å². The highest BCUT2D eigenvalue weighted by Crippen LogP contribution is 2.28. The number of piperidine rings is 1. The van der Waals surface area contributed by atoms with Gasteiger partial charge < -0.3 is 19.7 Å². The van der Waals surface area contributed by atoms with Gasteiger partial charge in [0, 0.05) is 36.7 Å². The van der Waals surface area contributed by atoms with E-state index >= 15 is 0 Å². The van der Waals surface area contributed by atoms with Crippen LogP contribution in [0.4, 0.5) is 5.82 Å². The molecule has 4 rings (SSSR count). The molecule has 1 aromatic heterocycles. The van der Waals surface area contributed by atoms with Crippen LogP contribution in [0.5, 0.6) is 11.5 Å². The van der Waals surface area contributed by atoms with Gasteiger partial charge in [-0.05, 0) is 43.0 Å². The summed E-state index contributed by atoms with van der Waals surface area (Å²) < 4.78 is 10.7. The van der Waals surface area contributed by atoms with Gasteiger partial charge in [-0.3, -0.25) is 4.79 Å². The second kappa shape index (κ2) is 9.20. The molecule has 0 aliphatic carbocycles. The van der Waals surface area contributed by atoms with E-state index in [0.717, 1.165) is 48.2 Å². The van der Waals surface area contributed by atoms with Gasteiger partial charge in [0.05, 0.1) is 19.7 Å². The van der Waals surface area contributed by atoms with Crippen LogP contribution >= 0.6 is 0 Å². The molecule has 1 saturated heterocycles. The number of rotatable bonds is 6. The molecule has 0 bridgehead atoms. The molecule has 0 spiro atoms. The minimum atomic E-state index is -0.310. The second-order valence-corrected chi connectivity index (χ2v) is 7.92. The molecule has 0 atom stereocenters. The number of methoxy groups -OCH3 is 2. The maximum atomic E-state index is 13.0. The maximum absolute atomic E-state index is 13.0. The summed E-state index contributed by atoms with van der Waals surface area (Å²) in [7, 11) is 3.20. The maximum Gasteiger partial charge on any atom is 0.289 e. The summed E-state index contributed by atoms with van der Waals surface area (Å²) >= 11 is 0. The molecule has 1 amide bonds. The van der Waals surface area contributed by atoms with Crippen molar-refractivity contribution >= 4 is 22.6 Å². The van der Waals surface area contributed by atoms with Crippen LogP contribution in [0.1, 0.15) is 35.9 Å². The number of benzene rings is 2. The molecule has 3 aromatic rings. The largest absolute Gasteiger partial charge is 0.497 e. The Morgan fingerprint density at radius 1 is 1.10 bits per heavy atom. The van der Waals surface area contributed by atoms with Crippen molar-refractivity contribution in [1.29, 1.82) is 0 Å². The van der Waals surface area contributed by atoms with Crippen LogP contribution in [0.25, 0.3) is 10.9 Å². The van der Waals surface area contributed by atoms with E-state index in [1.54, 1.807) is 20.3 Å². The molecule has 0 radical (unpaired) electrons. The number of anilines is 1. The molecule has 2 heterocycles. The number of carbonyl (C=O) groups is 1. The first-order valence-electron chi connectivity index (χ1n) is 10.6. The number of hydrogen-bond donors (Lipinski definition) is 1. The quantitative estimate of drug-likeness (QED) is 0.653. The lowest BCUT2D eigenvalue weighted by Gasteiger charge is -2.32. The van der Waals surface area contributed by atoms with Crippen molar-refractivity contribution in [2.24, 2.45) is 5.92 Å². The van der Waals surface area contributed by atoms with Gasteiger partial charge in [0.25, 0.3) is 5.91 Å². The molecule has 7 heteroatoms. The molecule has 0 unspecified atom stereocenters. The summed E-state index contributed by atoms with van der Waals surface area (Å²) in [6.07, 6.45) is 2.24. The molecule has 0 saturated carbocycles. The third-order valence-corrected chi connectivity index (χ3v) is 5.80. The first-order chi connectivity index (χ1) is 15.1. The molecule has 2 aromatic carbocycles. The van der Waals surface area contributed by atoms with E-state index in [1.807, 2.05) is 36.4 Å². The fourth-order valence-electron chi connectivity index (χ4n) is 3.88. The molecule has 162 valence electrons. The zero-order valence-corrected chi connectivity index (χ0v) is 18.2. The van der Waals surface area contributed by atoms with E-state index in [-0.39, 0.29) is 11.7 Å². The standard InChI is InChI=1S/C24H28N4O3/c1-16-10-12-28(13-11-16)23-19-6-4-5-7-20(19)26-22(27-23)24(29)25-15-17-8-9-18(30-2)14-21(17)31-3/h4-9,14,16H,10-13,15H2,1-3H3,(H,25,29). The summed E-state index contributed by atoms with van der Waals surface area (Å²) in [6, 6.07) is 13.4. The zero-order valence-electron chi connectivity index (χ0n) is 18.2. The number of amides is 1. The second-order valence-electron chi connectivity index (χ2n) is 7.92. The van der Waals surface area contributed by atoms with Crippen LogP contribution in [-0.2, 0) is 6.54 Å². The van der Waals surface area contributed by atoms with Crippen LogP contribution in [0.15, 0.2) is 42.5 Å². The summed E-state index contributed by atoms with van der Waals surface area (Å²) in [5, 5.41) is 3.90. The lowest BCUT2D eigenvalue weighted by Crippen LogP contribution is -2.34. The highest BCUT2D eigenvalue weighted by Gasteiger charge is 2.22. The van der Waals surface area contributed by atoms with Crippen LogP contribution in [0, 0.1) is 5.92 Å². The van der Waals surface area contributed by atoms with Crippen molar-refractivity contribution in [3.63, 3.8) is 0 Å². The minimum Gasteiger partial charge on any atom is -0.497 e. The van der Waals surface area contributed by atoms with E-state index < -0.39 is 0 Å². The lowest BCUT2D eigenvalue weighted by molar-refractivity contribution is 0.0940. The fourth-order valence-corrected chi connectivity index (χ4v) is 3.88. The molecule has 1 N–H and O–H groups in total. The Morgan fingerprint density at radius 2 is 1.87 bits per heavy atom. The average molecular weight is 421 g/mol. The first-order valence-corrected chi connectivity index (χ1v) is 10.6. The first kappa shape index (κ1) is 20.9. The monoisotopic (exact) mass is 420 g/mol. The van der Waals surface area contributed by atoms with Gasteiger partial charge in [-0.25, -0.2) is 9.97 Å². The van der Waals surface area contributed by atoms with E-state index in [1.165, 1.54) is 0 Å². The summed E-state index contributed by atoms with van der Waals surface area (Å²) in [5.74, 6) is 2.78. The predicted octanol–water partition coefficient (Wildman–Crippen LogP) is 3.81. The van der Waals surface area contributed by atoms with Gasteiger partial charge in [0.15, 0.2) is 0 Å². The molecule has 1 fully saturated rings. The highest BCUT2D eigenvalue weighted by molar-refractivity contribution is 5.96. The van der Waals surface area contributed by atoms with Crippen molar-refractivity contribution in [3.05, 3.63) is 53.9 Å². The molecule has 7 nitrogen and oxygen atoms in total. The van der Waals surface area contributed by atoms with Gasteiger partial charge in [-0.15, -0.1) is 0 Å². The number of nitrogens with zero attached hydrogens (tertiary/aromatic N) is 3. The summed E-state index contributed by atoms with van der Waals surface area (Å²) in [5.41, 5.74) is 1.63. The third kappa shape index (κ3) is 4.55. The molecular weight excluding hydrogens is 392 g/mol. The minimum absolute atomic E-state index is 0.180. The van der Waals surface area contributed by atoms with Gasteiger partial charge >= 0.3 is 0 Å². The number of aromatic nitrogens is 2. The summed E-state index contributed by atoms with van der Waals surface area (Å²) in [6.45, 7) is 4.46. The molecular formula is C24H28N4O3. The van der Waals surface area contributed by atoms with Crippen molar-refractivity contribution in [1.82, 2.24) is 15.3 Å². The van der Waals surface area contributed by atoms with Crippen LogP contribution < -0.4 is 19.7 Å². The zero-order chi connectivity index (χ0) is 21.8. The topological polar surface area (TPSA) is 76.6 Å². The van der Waals surface area contributed by atoms with Crippen molar-refractivity contribution in [2.75, 3.05) is 32.2 Å². The third-order valence-electron chi connectivity index (χ3n) is 5.80. The lowest BCUT2D eigenvalue weighted by atomic mass is 9.99. The van der Waals surface area contributed by atoms with Crippen LogP contribution in [-0.4, -0.2) is 43.2 Å². The Bertz CT molecular complexity index is 1080. The van der Waals surface area contributed by atoms with E-state index in [2.05, 4.69) is 27.1 Å². The SMILES string of the molecule is COc1ccc(CNC(=O)c2nc(N3CCC(C)CC3)c3ccccc3n2)c(OC)c1. The van der Waals surface area contributed by atoms with Crippen molar-refractivity contribution < 1.29 is 14.3 Å². The number of fused-ring (bicyclic) bond motifs is 1. The fraction of sp³-hybridized carbons (Fsp3) is 0.375.